The van der Waals surface area contributed by atoms with Crippen LogP contribution in [0.4, 0.5) is 0 Å². The predicted octanol–water partition coefficient (Wildman–Crippen LogP) is 6.19. The van der Waals surface area contributed by atoms with Gasteiger partial charge in [-0.25, -0.2) is 5.43 Å². The van der Waals surface area contributed by atoms with E-state index in [-0.39, 0.29) is 24.5 Å². The number of hydrogen-bond acceptors (Lipinski definition) is 4. The maximum absolute atomic E-state index is 12.9. The summed E-state index contributed by atoms with van der Waals surface area (Å²) in [7, 11) is 0. The molecular weight excluding hydrogens is 509 g/mol. The third kappa shape index (κ3) is 5.50. The molecule has 184 valence electrons. The molecule has 0 saturated heterocycles. The number of rotatable bonds is 7. The maximum atomic E-state index is 12.9. The molecule has 5 aromatic rings. The number of carbonyl (C=O) groups excluding carboxylic acids is 1. The second-order valence-corrected chi connectivity index (χ2v) is 9.18. The average molecular weight is 530 g/mol. The molecule has 5 rings (SSSR count). The summed E-state index contributed by atoms with van der Waals surface area (Å²) in [6.07, 6.45) is 1.54. The van der Waals surface area contributed by atoms with E-state index in [2.05, 4.69) is 10.5 Å². The van der Waals surface area contributed by atoms with Gasteiger partial charge in [-0.05, 0) is 54.1 Å². The number of benzene rings is 4. The number of para-hydroxylation sites is 2. The molecular formula is C29H21Cl2N3O3. The van der Waals surface area contributed by atoms with Crippen LogP contribution in [-0.4, -0.2) is 16.7 Å². The minimum Gasteiger partial charge on any atom is -0.489 e. The maximum Gasteiger partial charge on any atom is 0.260 e. The Morgan fingerprint density at radius 1 is 0.892 bits per heavy atom. The third-order valence-corrected chi connectivity index (χ3v) is 6.44. The molecule has 0 radical (unpaired) electrons. The molecule has 0 aliphatic rings. The molecule has 0 unspecified atom stereocenters. The first-order valence-electron chi connectivity index (χ1n) is 11.5. The highest BCUT2D eigenvalue weighted by Crippen LogP contribution is 2.23. The van der Waals surface area contributed by atoms with Gasteiger partial charge < -0.3 is 9.30 Å². The zero-order chi connectivity index (χ0) is 25.8. The van der Waals surface area contributed by atoms with E-state index >= 15 is 0 Å². The predicted molar refractivity (Wildman–Crippen MR) is 149 cm³/mol. The van der Waals surface area contributed by atoms with Crippen LogP contribution in [-0.2, 0) is 17.9 Å². The number of ether oxygens (including phenoxy) is 1. The van der Waals surface area contributed by atoms with Crippen molar-refractivity contribution in [3.63, 3.8) is 0 Å². The molecule has 1 amide bonds. The van der Waals surface area contributed by atoms with Crippen molar-refractivity contribution in [3.8, 4) is 5.75 Å². The molecule has 1 aromatic heterocycles. The lowest BCUT2D eigenvalue weighted by Crippen LogP contribution is -2.25. The van der Waals surface area contributed by atoms with Gasteiger partial charge in [0.05, 0.1) is 17.2 Å². The van der Waals surface area contributed by atoms with E-state index in [1.807, 2.05) is 71.3 Å². The molecule has 0 bridgehead atoms. The summed E-state index contributed by atoms with van der Waals surface area (Å²) in [4.78, 5) is 25.7. The number of hydrogen-bond donors (Lipinski definition) is 1. The van der Waals surface area contributed by atoms with E-state index in [0.717, 1.165) is 11.1 Å². The molecule has 0 fully saturated rings. The van der Waals surface area contributed by atoms with Gasteiger partial charge in [-0.1, -0.05) is 65.7 Å². The van der Waals surface area contributed by atoms with E-state index < -0.39 is 0 Å². The number of carbonyl (C=O) groups is 1. The Bertz CT molecular complexity index is 1650. The minimum atomic E-state index is -0.319. The highest BCUT2D eigenvalue weighted by Gasteiger charge is 2.12. The van der Waals surface area contributed by atoms with Crippen molar-refractivity contribution in [1.82, 2.24) is 9.99 Å². The number of pyridine rings is 1. The zero-order valence-corrected chi connectivity index (χ0v) is 21.0. The molecule has 4 aromatic carbocycles. The molecule has 37 heavy (non-hydrogen) atoms. The Morgan fingerprint density at radius 2 is 1.59 bits per heavy atom. The quantitative estimate of drug-likeness (QED) is 0.155. The molecule has 0 aliphatic heterocycles. The largest absolute Gasteiger partial charge is 0.489 e. The number of amides is 1. The minimum absolute atomic E-state index is 0.00362. The third-order valence-electron chi connectivity index (χ3n) is 5.85. The Hall–Kier alpha value is -4.13. The fourth-order valence-electron chi connectivity index (χ4n) is 4.09. The number of fused-ring (bicyclic) bond motifs is 2. The molecule has 0 atom stereocenters. The van der Waals surface area contributed by atoms with Gasteiger partial charge in [0, 0.05) is 26.4 Å². The van der Waals surface area contributed by atoms with E-state index in [9.17, 15) is 9.59 Å². The lowest BCUT2D eigenvalue weighted by molar-refractivity contribution is -0.121. The molecule has 1 N–H and O–H groups in total. The molecule has 0 aliphatic carbocycles. The Morgan fingerprint density at radius 3 is 2.30 bits per heavy atom. The summed E-state index contributed by atoms with van der Waals surface area (Å²) >= 11 is 12.2. The van der Waals surface area contributed by atoms with E-state index in [1.165, 1.54) is 0 Å². The lowest BCUT2D eigenvalue weighted by Gasteiger charge is -2.14. The van der Waals surface area contributed by atoms with Crippen LogP contribution in [0.2, 0.25) is 10.0 Å². The van der Waals surface area contributed by atoms with Crippen molar-refractivity contribution < 1.29 is 9.53 Å². The van der Waals surface area contributed by atoms with Crippen LogP contribution >= 0.6 is 23.2 Å². The van der Waals surface area contributed by atoms with E-state index in [1.54, 1.807) is 30.5 Å². The van der Waals surface area contributed by atoms with Crippen LogP contribution in [0.5, 0.6) is 5.75 Å². The molecule has 6 nitrogen and oxygen atoms in total. The van der Waals surface area contributed by atoms with Crippen molar-refractivity contribution in [2.75, 3.05) is 0 Å². The van der Waals surface area contributed by atoms with Gasteiger partial charge >= 0.3 is 0 Å². The molecule has 8 heteroatoms. The van der Waals surface area contributed by atoms with Gasteiger partial charge in [0.25, 0.3) is 5.91 Å². The van der Waals surface area contributed by atoms with Gasteiger partial charge in [-0.3, -0.25) is 9.59 Å². The number of halogens is 2. The summed E-state index contributed by atoms with van der Waals surface area (Å²) in [5, 5.41) is 6.34. The van der Waals surface area contributed by atoms with E-state index in [0.29, 0.717) is 37.6 Å². The second-order valence-electron chi connectivity index (χ2n) is 8.34. The topological polar surface area (TPSA) is 72.7 Å². The smallest absolute Gasteiger partial charge is 0.260 e. The van der Waals surface area contributed by atoms with E-state index in [4.69, 9.17) is 27.9 Å². The van der Waals surface area contributed by atoms with Gasteiger partial charge in [0.15, 0.2) is 5.43 Å². The summed E-state index contributed by atoms with van der Waals surface area (Å²) in [6, 6.07) is 27.1. The van der Waals surface area contributed by atoms with Gasteiger partial charge in [-0.2, -0.15) is 5.10 Å². The number of hydrazone groups is 1. The van der Waals surface area contributed by atoms with Crippen LogP contribution in [0.1, 0.15) is 11.1 Å². The highest BCUT2D eigenvalue weighted by atomic mass is 35.5. The first-order valence-corrected chi connectivity index (χ1v) is 12.2. The molecule has 0 saturated carbocycles. The molecule has 0 spiro atoms. The monoisotopic (exact) mass is 529 g/mol. The average Bonchev–Trinajstić information content (AvgIpc) is 2.91. The highest BCUT2D eigenvalue weighted by molar-refractivity contribution is 6.35. The van der Waals surface area contributed by atoms with Crippen LogP contribution < -0.4 is 15.6 Å². The fourth-order valence-corrected chi connectivity index (χ4v) is 4.55. The Labute approximate surface area is 222 Å². The molecule has 1 heterocycles. The Balaban J connectivity index is 1.28. The standard InChI is InChI=1S/C29H21Cl2N3O3/c30-21-13-12-20(25(31)15-21)18-37-22-7-5-6-19(14-22)16-32-33-28(35)17-34-26-10-3-1-8-23(26)29(36)24-9-2-4-11-27(24)34/h1-16H,17-18H2,(H,33,35). The SMILES string of the molecule is O=C(Cn1c2ccccc2c(=O)c2ccccc21)NN=Cc1cccc(OCc2ccc(Cl)cc2Cl)c1. The van der Waals surface area contributed by atoms with Crippen LogP contribution in [0, 0.1) is 0 Å². The summed E-state index contributed by atoms with van der Waals surface area (Å²) in [5.74, 6) is 0.312. The zero-order valence-electron chi connectivity index (χ0n) is 19.5. The first kappa shape index (κ1) is 24.6. The summed E-state index contributed by atoms with van der Waals surface area (Å²) in [5.41, 5.74) is 5.47. The van der Waals surface area contributed by atoms with Crippen LogP contribution in [0.25, 0.3) is 21.8 Å². The fraction of sp³-hybridized carbons (Fsp3) is 0.0690. The van der Waals surface area contributed by atoms with Crippen LogP contribution in [0.3, 0.4) is 0 Å². The van der Waals surface area contributed by atoms with Crippen molar-refractivity contribution in [2.45, 2.75) is 13.2 Å². The van der Waals surface area contributed by atoms with Crippen molar-refractivity contribution >= 4 is 57.1 Å². The summed E-state index contributed by atoms with van der Waals surface area (Å²) < 4.78 is 7.67. The van der Waals surface area contributed by atoms with Crippen molar-refractivity contribution in [1.29, 1.82) is 0 Å². The van der Waals surface area contributed by atoms with Gasteiger partial charge in [0.2, 0.25) is 0 Å². The Kier molecular flexibility index (Phi) is 7.21. The van der Waals surface area contributed by atoms with Gasteiger partial charge in [0.1, 0.15) is 18.9 Å². The summed E-state index contributed by atoms with van der Waals surface area (Å²) in [6.45, 7) is 0.290. The normalized spacial score (nSPS) is 11.3. The first-order chi connectivity index (χ1) is 18.0. The number of aromatic nitrogens is 1. The van der Waals surface area contributed by atoms with Gasteiger partial charge in [-0.15, -0.1) is 0 Å². The van der Waals surface area contributed by atoms with Crippen molar-refractivity contribution in [3.05, 3.63) is 122 Å². The lowest BCUT2D eigenvalue weighted by atomic mass is 10.1. The number of nitrogens with one attached hydrogen (secondary N) is 1. The van der Waals surface area contributed by atoms with Crippen molar-refractivity contribution in [2.24, 2.45) is 5.10 Å². The van der Waals surface area contributed by atoms with Crippen LogP contribution in [0.15, 0.2) is 101 Å². The second kappa shape index (κ2) is 10.9. The number of nitrogens with zero attached hydrogens (tertiary/aromatic N) is 2.